The number of nitrogen functional groups attached to an aromatic ring is 2. The summed E-state index contributed by atoms with van der Waals surface area (Å²) in [6.07, 6.45) is 6.81. The molecule has 16 heavy (non-hydrogen) atoms. The summed E-state index contributed by atoms with van der Waals surface area (Å²) in [5.41, 5.74) is 13.0. The Morgan fingerprint density at radius 2 is 2.19 bits per heavy atom. The van der Waals surface area contributed by atoms with E-state index in [1.165, 1.54) is 0 Å². The van der Waals surface area contributed by atoms with Gasteiger partial charge in [-0.3, -0.25) is 4.68 Å². The summed E-state index contributed by atoms with van der Waals surface area (Å²) in [5, 5.41) is 4.28. The second-order valence-electron chi connectivity index (χ2n) is 3.94. The molecule has 2 aromatic heterocycles. The number of hydrogen-bond donors (Lipinski definition) is 2. The van der Waals surface area contributed by atoms with Crippen LogP contribution >= 0.6 is 0 Å². The monoisotopic (exact) mass is 221 g/mol. The number of rotatable bonds is 3. The lowest BCUT2D eigenvalue weighted by Gasteiger charge is -1.95. The van der Waals surface area contributed by atoms with Crippen LogP contribution in [0.15, 0.2) is 18.7 Å². The molecule has 6 nitrogen and oxygen atoms in total. The van der Waals surface area contributed by atoms with Gasteiger partial charge >= 0.3 is 0 Å². The van der Waals surface area contributed by atoms with Crippen molar-refractivity contribution < 1.29 is 4.57 Å². The Bertz CT molecular complexity index is 495. The van der Waals surface area contributed by atoms with E-state index in [1.54, 1.807) is 11.7 Å². The molecule has 2 heterocycles. The lowest BCUT2D eigenvalue weighted by molar-refractivity contribution is -0.671. The number of aromatic nitrogens is 4. The van der Waals surface area contributed by atoms with Crippen LogP contribution < -0.4 is 16.0 Å². The van der Waals surface area contributed by atoms with Gasteiger partial charge in [-0.25, -0.2) is 9.13 Å². The largest absolute Gasteiger partial charge is 0.394 e. The molecule has 0 fully saturated rings. The van der Waals surface area contributed by atoms with Gasteiger partial charge in [-0.1, -0.05) is 0 Å². The fourth-order valence-corrected chi connectivity index (χ4v) is 1.66. The highest BCUT2D eigenvalue weighted by Crippen LogP contribution is 2.18. The maximum Gasteiger partial charge on any atom is 0.243 e. The van der Waals surface area contributed by atoms with Gasteiger partial charge in [0.05, 0.1) is 25.0 Å². The van der Waals surface area contributed by atoms with Crippen LogP contribution in [-0.4, -0.2) is 14.3 Å². The van der Waals surface area contributed by atoms with Crippen molar-refractivity contribution in [3.8, 4) is 0 Å². The molecule has 6 heteroatoms. The van der Waals surface area contributed by atoms with Gasteiger partial charge in [-0.05, 0) is 0 Å². The van der Waals surface area contributed by atoms with Crippen LogP contribution in [0.1, 0.15) is 5.69 Å². The van der Waals surface area contributed by atoms with Crippen molar-refractivity contribution in [3.63, 3.8) is 0 Å². The molecule has 0 amide bonds. The predicted molar refractivity (Wildman–Crippen MR) is 61.3 cm³/mol. The Labute approximate surface area is 94.1 Å². The predicted octanol–water partition coefficient (Wildman–Crippen LogP) is -0.547. The van der Waals surface area contributed by atoms with Crippen LogP contribution in [0.25, 0.3) is 0 Å². The molecule has 0 unspecified atom stereocenters. The van der Waals surface area contributed by atoms with Crippen molar-refractivity contribution in [2.75, 3.05) is 11.5 Å². The van der Waals surface area contributed by atoms with Gasteiger partial charge in [0.25, 0.3) is 0 Å². The van der Waals surface area contributed by atoms with E-state index >= 15 is 0 Å². The maximum atomic E-state index is 5.85. The number of anilines is 2. The molecule has 0 aliphatic heterocycles. The Hall–Kier alpha value is -1.98. The minimum atomic E-state index is 0.535. The highest BCUT2D eigenvalue weighted by Gasteiger charge is 2.11. The van der Waals surface area contributed by atoms with Crippen LogP contribution in [0, 0.1) is 0 Å². The summed E-state index contributed by atoms with van der Waals surface area (Å²) in [6, 6.07) is 0. The molecule has 2 rings (SSSR count). The lowest BCUT2D eigenvalue weighted by atomic mass is 10.2. The molecule has 86 valence electrons. The SMILES string of the molecule is Cn1nc(CCn2cc[n+](C)c2)c(N)c1N. The first-order valence-electron chi connectivity index (χ1n) is 5.15. The molecule has 2 aromatic rings. The van der Waals surface area contributed by atoms with E-state index < -0.39 is 0 Å². The van der Waals surface area contributed by atoms with E-state index in [9.17, 15) is 0 Å². The Morgan fingerprint density at radius 3 is 2.69 bits per heavy atom. The zero-order chi connectivity index (χ0) is 11.7. The van der Waals surface area contributed by atoms with Gasteiger partial charge in [0, 0.05) is 13.5 Å². The fourth-order valence-electron chi connectivity index (χ4n) is 1.66. The lowest BCUT2D eigenvalue weighted by Crippen LogP contribution is -2.23. The van der Waals surface area contributed by atoms with Crippen molar-refractivity contribution in [3.05, 3.63) is 24.4 Å². The number of hydrogen-bond acceptors (Lipinski definition) is 3. The van der Waals surface area contributed by atoms with E-state index in [-0.39, 0.29) is 0 Å². The molecule has 4 N–H and O–H groups in total. The molecular weight excluding hydrogens is 204 g/mol. The van der Waals surface area contributed by atoms with Crippen LogP contribution in [0.2, 0.25) is 0 Å². The first kappa shape index (κ1) is 10.5. The Kier molecular flexibility index (Phi) is 2.55. The molecule has 0 radical (unpaired) electrons. The maximum absolute atomic E-state index is 5.85. The molecule has 0 aliphatic rings. The highest BCUT2D eigenvalue weighted by molar-refractivity contribution is 5.61. The zero-order valence-electron chi connectivity index (χ0n) is 9.59. The van der Waals surface area contributed by atoms with Crippen LogP contribution in [0.3, 0.4) is 0 Å². The molecule has 0 saturated heterocycles. The quantitative estimate of drug-likeness (QED) is 0.683. The minimum absolute atomic E-state index is 0.535. The third-order valence-electron chi connectivity index (χ3n) is 2.64. The van der Waals surface area contributed by atoms with Gasteiger partial charge in [-0.2, -0.15) is 5.10 Å². The second kappa shape index (κ2) is 3.88. The van der Waals surface area contributed by atoms with Crippen LogP contribution in [0.4, 0.5) is 11.5 Å². The number of imidazole rings is 1. The van der Waals surface area contributed by atoms with E-state index in [0.717, 1.165) is 18.7 Å². The minimum Gasteiger partial charge on any atom is -0.394 e. The fraction of sp³-hybridized carbons (Fsp3) is 0.400. The molecule has 0 atom stereocenters. The first-order valence-corrected chi connectivity index (χ1v) is 5.15. The summed E-state index contributed by atoms with van der Waals surface area (Å²) in [7, 11) is 3.79. The topological polar surface area (TPSA) is 78.7 Å². The summed E-state index contributed by atoms with van der Waals surface area (Å²) in [6.45, 7) is 0.849. The van der Waals surface area contributed by atoms with Gasteiger partial charge in [0.15, 0.2) is 0 Å². The Balaban J connectivity index is 2.07. The number of nitrogens with two attached hydrogens (primary N) is 2. The normalized spacial score (nSPS) is 10.9. The van der Waals surface area contributed by atoms with E-state index in [4.69, 9.17) is 11.5 Å². The smallest absolute Gasteiger partial charge is 0.243 e. The van der Waals surface area contributed by atoms with Crippen LogP contribution in [0.5, 0.6) is 0 Å². The molecule has 0 bridgehead atoms. The number of aryl methyl sites for hydroxylation is 4. The second-order valence-corrected chi connectivity index (χ2v) is 3.94. The molecule has 0 aliphatic carbocycles. The third-order valence-corrected chi connectivity index (χ3v) is 2.64. The molecular formula is C10H17N6+. The van der Waals surface area contributed by atoms with Crippen molar-refractivity contribution in [1.29, 1.82) is 0 Å². The van der Waals surface area contributed by atoms with Gasteiger partial charge in [-0.15, -0.1) is 0 Å². The Morgan fingerprint density at radius 1 is 1.44 bits per heavy atom. The zero-order valence-corrected chi connectivity index (χ0v) is 9.59. The van der Waals surface area contributed by atoms with E-state index in [2.05, 4.69) is 9.67 Å². The van der Waals surface area contributed by atoms with Crippen molar-refractivity contribution in [1.82, 2.24) is 14.3 Å². The molecule has 0 spiro atoms. The van der Waals surface area contributed by atoms with Gasteiger partial charge in [0.1, 0.15) is 18.2 Å². The van der Waals surface area contributed by atoms with E-state index in [1.807, 2.05) is 30.3 Å². The van der Waals surface area contributed by atoms with Crippen molar-refractivity contribution >= 4 is 11.5 Å². The third kappa shape index (κ3) is 1.86. The van der Waals surface area contributed by atoms with Crippen molar-refractivity contribution in [2.24, 2.45) is 14.1 Å². The summed E-state index contributed by atoms with van der Waals surface area (Å²) in [4.78, 5) is 0. The highest BCUT2D eigenvalue weighted by atomic mass is 15.3. The molecule has 0 aromatic carbocycles. The van der Waals surface area contributed by atoms with Crippen LogP contribution in [-0.2, 0) is 27.1 Å². The summed E-state index contributed by atoms with van der Waals surface area (Å²) < 4.78 is 5.70. The van der Waals surface area contributed by atoms with Gasteiger partial charge < -0.3 is 11.5 Å². The number of nitrogens with zero attached hydrogens (tertiary/aromatic N) is 4. The first-order chi connectivity index (χ1) is 7.58. The molecule has 0 saturated carbocycles. The average molecular weight is 221 g/mol. The standard InChI is InChI=1S/C10H17N6/c1-14-5-6-16(7-14)4-3-8-9(11)10(12)15(2)13-8/h5-7H,3-4,11-12H2,1-2H3/q+1. The summed E-state index contributed by atoms with van der Waals surface area (Å²) >= 11 is 0. The van der Waals surface area contributed by atoms with E-state index in [0.29, 0.717) is 11.5 Å². The van der Waals surface area contributed by atoms with Gasteiger partial charge in [0.2, 0.25) is 6.33 Å². The summed E-state index contributed by atoms with van der Waals surface area (Å²) in [5.74, 6) is 0.535. The van der Waals surface area contributed by atoms with Crippen molar-refractivity contribution in [2.45, 2.75) is 13.0 Å². The average Bonchev–Trinajstić information content (AvgIpc) is 2.76.